The minimum Gasteiger partial charge on any atom is -0.315 e. The number of rotatable bonds is 7. The lowest BCUT2D eigenvalue weighted by molar-refractivity contribution is 0.171. The van der Waals surface area contributed by atoms with Gasteiger partial charge < -0.3 is 5.32 Å². The van der Waals surface area contributed by atoms with Gasteiger partial charge >= 0.3 is 0 Å². The van der Waals surface area contributed by atoms with E-state index in [2.05, 4.69) is 17.1 Å². The molecule has 102 valence electrons. The maximum atomic E-state index is 10.9. The number of sulfone groups is 1. The second-order valence-electron chi connectivity index (χ2n) is 5.13. The van der Waals surface area contributed by atoms with Crippen LogP contribution in [0.15, 0.2) is 0 Å². The fourth-order valence-electron chi connectivity index (χ4n) is 2.26. The standard InChI is InChI=1S/C12H26N2O2S/c1-12(14-8-4-3-5-9-14)11-13-7-6-10-17(2,15)16/h12-13H,3-11H2,1-2H3. The van der Waals surface area contributed by atoms with Crippen LogP contribution in [0, 0.1) is 0 Å². The van der Waals surface area contributed by atoms with Crippen molar-refractivity contribution in [3.8, 4) is 0 Å². The Hall–Kier alpha value is -0.130. The van der Waals surface area contributed by atoms with Crippen LogP contribution in [0.1, 0.15) is 32.6 Å². The zero-order valence-corrected chi connectivity index (χ0v) is 11.9. The first-order valence-electron chi connectivity index (χ1n) is 6.61. The van der Waals surface area contributed by atoms with Gasteiger partial charge in [-0.2, -0.15) is 0 Å². The highest BCUT2D eigenvalue weighted by Gasteiger charge is 2.15. The van der Waals surface area contributed by atoms with E-state index in [0.29, 0.717) is 12.5 Å². The molecule has 0 aliphatic carbocycles. The topological polar surface area (TPSA) is 49.4 Å². The molecule has 4 nitrogen and oxygen atoms in total. The van der Waals surface area contributed by atoms with Crippen LogP contribution in [-0.4, -0.2) is 57.5 Å². The number of likely N-dealkylation sites (tertiary alicyclic amines) is 1. The van der Waals surface area contributed by atoms with E-state index < -0.39 is 9.84 Å². The number of nitrogens with zero attached hydrogens (tertiary/aromatic N) is 1. The van der Waals surface area contributed by atoms with E-state index in [1.807, 2.05) is 0 Å². The highest BCUT2D eigenvalue weighted by atomic mass is 32.2. The molecule has 0 spiro atoms. The fourth-order valence-corrected chi connectivity index (χ4v) is 2.93. The largest absolute Gasteiger partial charge is 0.315 e. The second kappa shape index (κ2) is 7.34. The lowest BCUT2D eigenvalue weighted by Gasteiger charge is -2.32. The third kappa shape index (κ3) is 7.01. The van der Waals surface area contributed by atoms with E-state index in [-0.39, 0.29) is 5.75 Å². The maximum absolute atomic E-state index is 10.9. The first-order chi connectivity index (χ1) is 7.99. The quantitative estimate of drug-likeness (QED) is 0.692. The minimum atomic E-state index is -2.80. The minimum absolute atomic E-state index is 0.290. The van der Waals surface area contributed by atoms with Crippen LogP contribution in [0.3, 0.4) is 0 Å². The van der Waals surface area contributed by atoms with Crippen molar-refractivity contribution in [2.24, 2.45) is 0 Å². The van der Waals surface area contributed by atoms with Gasteiger partial charge in [0.15, 0.2) is 0 Å². The molecular formula is C12H26N2O2S. The zero-order valence-electron chi connectivity index (χ0n) is 11.1. The van der Waals surface area contributed by atoms with Crippen molar-refractivity contribution in [3.05, 3.63) is 0 Å². The van der Waals surface area contributed by atoms with Gasteiger partial charge in [-0.05, 0) is 45.8 Å². The van der Waals surface area contributed by atoms with E-state index >= 15 is 0 Å². The molecule has 1 heterocycles. The predicted octanol–water partition coefficient (Wildman–Crippen LogP) is 0.885. The summed E-state index contributed by atoms with van der Waals surface area (Å²) < 4.78 is 21.9. The van der Waals surface area contributed by atoms with E-state index in [1.165, 1.54) is 38.6 Å². The van der Waals surface area contributed by atoms with Crippen molar-refractivity contribution >= 4 is 9.84 Å². The zero-order chi connectivity index (χ0) is 12.7. The summed E-state index contributed by atoms with van der Waals surface area (Å²) in [6.45, 7) is 6.43. The summed E-state index contributed by atoms with van der Waals surface area (Å²) in [5.41, 5.74) is 0. The molecule has 0 radical (unpaired) electrons. The van der Waals surface area contributed by atoms with Gasteiger partial charge in [-0.1, -0.05) is 6.42 Å². The Morgan fingerprint density at radius 3 is 2.47 bits per heavy atom. The van der Waals surface area contributed by atoms with E-state index in [9.17, 15) is 8.42 Å². The second-order valence-corrected chi connectivity index (χ2v) is 7.39. The summed E-state index contributed by atoms with van der Waals surface area (Å²) in [5.74, 6) is 0.290. The first-order valence-corrected chi connectivity index (χ1v) is 8.67. The third-order valence-electron chi connectivity index (χ3n) is 3.32. The van der Waals surface area contributed by atoms with Gasteiger partial charge in [-0.3, -0.25) is 4.90 Å². The summed E-state index contributed by atoms with van der Waals surface area (Å²) in [6, 6.07) is 0.563. The van der Waals surface area contributed by atoms with Crippen LogP contribution in [0.4, 0.5) is 0 Å². The smallest absolute Gasteiger partial charge is 0.147 e. The van der Waals surface area contributed by atoms with Crippen LogP contribution in [0.25, 0.3) is 0 Å². The number of piperidine rings is 1. The molecule has 0 aromatic heterocycles. The van der Waals surface area contributed by atoms with E-state index in [1.54, 1.807) is 0 Å². The monoisotopic (exact) mass is 262 g/mol. The third-order valence-corrected chi connectivity index (χ3v) is 4.35. The molecule has 1 aliphatic rings. The van der Waals surface area contributed by atoms with E-state index in [4.69, 9.17) is 0 Å². The highest BCUT2D eigenvalue weighted by Crippen LogP contribution is 2.11. The van der Waals surface area contributed by atoms with Crippen LogP contribution in [-0.2, 0) is 9.84 Å². The highest BCUT2D eigenvalue weighted by molar-refractivity contribution is 7.90. The summed E-state index contributed by atoms with van der Waals surface area (Å²) >= 11 is 0. The number of hydrogen-bond acceptors (Lipinski definition) is 4. The molecule has 5 heteroatoms. The first kappa shape index (κ1) is 14.9. The molecule has 0 amide bonds. The molecule has 0 aromatic rings. The van der Waals surface area contributed by atoms with Gasteiger partial charge in [-0.25, -0.2) is 8.42 Å². The van der Waals surface area contributed by atoms with E-state index in [0.717, 1.165) is 13.1 Å². The average molecular weight is 262 g/mol. The van der Waals surface area contributed by atoms with Crippen LogP contribution < -0.4 is 5.32 Å². The van der Waals surface area contributed by atoms with Gasteiger partial charge in [0.25, 0.3) is 0 Å². The number of nitrogens with one attached hydrogen (secondary N) is 1. The SMILES string of the molecule is CC(CNCCCS(C)(=O)=O)N1CCCCC1. The fraction of sp³-hybridized carbons (Fsp3) is 1.00. The molecule has 0 aromatic carbocycles. The molecule has 1 N–H and O–H groups in total. The molecular weight excluding hydrogens is 236 g/mol. The molecule has 1 rings (SSSR count). The van der Waals surface area contributed by atoms with Crippen LogP contribution in [0.2, 0.25) is 0 Å². The van der Waals surface area contributed by atoms with Crippen LogP contribution >= 0.6 is 0 Å². The molecule has 1 atom stereocenters. The van der Waals surface area contributed by atoms with Crippen molar-refractivity contribution in [3.63, 3.8) is 0 Å². The van der Waals surface area contributed by atoms with Gasteiger partial charge in [0.2, 0.25) is 0 Å². The van der Waals surface area contributed by atoms with Crippen LogP contribution in [0.5, 0.6) is 0 Å². The molecule has 17 heavy (non-hydrogen) atoms. The Bertz CT molecular complexity index is 298. The molecule has 0 saturated carbocycles. The summed E-state index contributed by atoms with van der Waals surface area (Å²) in [7, 11) is -2.80. The van der Waals surface area contributed by atoms with Gasteiger partial charge in [0.1, 0.15) is 9.84 Å². The van der Waals surface area contributed by atoms with Crippen molar-refractivity contribution in [2.45, 2.75) is 38.6 Å². The van der Waals surface area contributed by atoms with Crippen molar-refractivity contribution in [2.75, 3.05) is 38.2 Å². The summed E-state index contributed by atoms with van der Waals surface area (Å²) in [6.07, 6.45) is 6.01. The lowest BCUT2D eigenvalue weighted by Crippen LogP contribution is -2.43. The van der Waals surface area contributed by atoms with Gasteiger partial charge in [-0.15, -0.1) is 0 Å². The Kier molecular flexibility index (Phi) is 6.44. The normalized spacial score (nSPS) is 20.4. The van der Waals surface area contributed by atoms with Gasteiger partial charge in [0, 0.05) is 18.8 Å². The predicted molar refractivity (Wildman–Crippen MR) is 72.1 cm³/mol. The molecule has 1 unspecified atom stereocenters. The van der Waals surface area contributed by atoms with Gasteiger partial charge in [0.05, 0.1) is 5.75 Å². The van der Waals surface area contributed by atoms with Crippen molar-refractivity contribution in [1.29, 1.82) is 0 Å². The molecule has 1 fully saturated rings. The molecule has 1 saturated heterocycles. The Labute approximate surface area is 106 Å². The average Bonchev–Trinajstić information content (AvgIpc) is 2.28. The number of hydrogen-bond donors (Lipinski definition) is 1. The Morgan fingerprint density at radius 2 is 1.88 bits per heavy atom. The Balaban J connectivity index is 2.05. The molecule has 0 bridgehead atoms. The summed E-state index contributed by atoms with van der Waals surface area (Å²) in [5, 5.41) is 3.35. The maximum Gasteiger partial charge on any atom is 0.147 e. The van der Waals surface area contributed by atoms with Crippen molar-refractivity contribution in [1.82, 2.24) is 10.2 Å². The van der Waals surface area contributed by atoms with Crippen molar-refractivity contribution < 1.29 is 8.42 Å². The summed E-state index contributed by atoms with van der Waals surface area (Å²) in [4.78, 5) is 2.52. The molecule has 1 aliphatic heterocycles. The lowest BCUT2D eigenvalue weighted by atomic mass is 10.1. The Morgan fingerprint density at radius 1 is 1.24 bits per heavy atom.